The Morgan fingerprint density at radius 1 is 1.17 bits per heavy atom. The van der Waals surface area contributed by atoms with Crippen LogP contribution in [0.4, 0.5) is 0 Å². The average Bonchev–Trinajstić information content (AvgIpc) is 2.90. The van der Waals surface area contributed by atoms with Gasteiger partial charge in [-0.05, 0) is 31.6 Å². The number of amides is 2. The SMILES string of the molecule is CC(=O)N1C2CCCCC2C[C@H]1C(=O)N[C@@H](CCC(=O)O)C(=O)O. The van der Waals surface area contributed by atoms with E-state index in [4.69, 9.17) is 5.11 Å². The third kappa shape index (κ3) is 4.04. The molecule has 1 saturated heterocycles. The van der Waals surface area contributed by atoms with Gasteiger partial charge in [-0.25, -0.2) is 4.79 Å². The van der Waals surface area contributed by atoms with Crippen molar-refractivity contribution in [2.24, 2.45) is 5.92 Å². The molecule has 4 atom stereocenters. The van der Waals surface area contributed by atoms with Crippen LogP contribution < -0.4 is 5.32 Å². The van der Waals surface area contributed by atoms with Crippen molar-refractivity contribution < 1.29 is 29.4 Å². The van der Waals surface area contributed by atoms with E-state index in [2.05, 4.69) is 5.32 Å². The number of carboxylic acids is 2. The van der Waals surface area contributed by atoms with Gasteiger partial charge in [0.1, 0.15) is 12.1 Å². The summed E-state index contributed by atoms with van der Waals surface area (Å²) in [6, 6.07) is -1.87. The standard InChI is InChI=1S/C16H24N2O6/c1-9(19)18-12-5-3-2-4-10(12)8-13(18)15(22)17-11(16(23)24)6-7-14(20)21/h10-13H,2-8H2,1H3,(H,17,22)(H,20,21)(H,23,24)/t10?,11-,12?,13-/m0/s1. The number of fused-ring (bicyclic) bond motifs is 1. The molecule has 8 nitrogen and oxygen atoms in total. The Kier molecular flexibility index (Phi) is 5.80. The molecule has 0 spiro atoms. The number of carbonyl (C=O) groups excluding carboxylic acids is 2. The number of hydrogen-bond donors (Lipinski definition) is 3. The summed E-state index contributed by atoms with van der Waals surface area (Å²) in [5, 5.41) is 20.3. The quantitative estimate of drug-likeness (QED) is 0.650. The average molecular weight is 340 g/mol. The Bertz CT molecular complexity index is 535. The summed E-state index contributed by atoms with van der Waals surface area (Å²) in [6.45, 7) is 1.43. The van der Waals surface area contributed by atoms with E-state index in [0.29, 0.717) is 6.42 Å². The van der Waals surface area contributed by atoms with E-state index < -0.39 is 29.9 Å². The van der Waals surface area contributed by atoms with Gasteiger partial charge in [0.05, 0.1) is 0 Å². The highest BCUT2D eigenvalue weighted by Gasteiger charge is 2.46. The van der Waals surface area contributed by atoms with Crippen molar-refractivity contribution in [3.05, 3.63) is 0 Å². The van der Waals surface area contributed by atoms with Crippen LogP contribution in [0.15, 0.2) is 0 Å². The van der Waals surface area contributed by atoms with Crippen molar-refractivity contribution in [1.29, 1.82) is 0 Å². The number of aliphatic carboxylic acids is 2. The van der Waals surface area contributed by atoms with E-state index in [-0.39, 0.29) is 30.7 Å². The third-order valence-electron chi connectivity index (χ3n) is 5.02. The minimum absolute atomic E-state index is 0.0503. The van der Waals surface area contributed by atoms with E-state index >= 15 is 0 Å². The van der Waals surface area contributed by atoms with Crippen LogP contribution in [0.2, 0.25) is 0 Å². The Hall–Kier alpha value is -2.12. The highest BCUT2D eigenvalue weighted by molar-refractivity contribution is 5.90. The molecule has 1 aliphatic carbocycles. The maximum atomic E-state index is 12.5. The smallest absolute Gasteiger partial charge is 0.326 e. The lowest BCUT2D eigenvalue weighted by atomic mass is 9.84. The summed E-state index contributed by atoms with van der Waals surface area (Å²) in [4.78, 5) is 48.0. The first-order valence-electron chi connectivity index (χ1n) is 8.35. The van der Waals surface area contributed by atoms with Gasteiger partial charge in [0, 0.05) is 19.4 Å². The van der Waals surface area contributed by atoms with Gasteiger partial charge in [-0.15, -0.1) is 0 Å². The largest absolute Gasteiger partial charge is 0.481 e. The fourth-order valence-electron chi connectivity index (χ4n) is 3.94. The molecule has 1 aliphatic heterocycles. The van der Waals surface area contributed by atoms with E-state index in [9.17, 15) is 24.3 Å². The number of likely N-dealkylation sites (tertiary alicyclic amines) is 1. The van der Waals surface area contributed by atoms with Crippen LogP contribution in [-0.2, 0) is 19.2 Å². The van der Waals surface area contributed by atoms with Gasteiger partial charge >= 0.3 is 11.9 Å². The number of carbonyl (C=O) groups is 4. The molecule has 3 N–H and O–H groups in total. The lowest BCUT2D eigenvalue weighted by Gasteiger charge is -2.33. The van der Waals surface area contributed by atoms with Crippen LogP contribution in [-0.4, -0.2) is 57.0 Å². The predicted molar refractivity (Wildman–Crippen MR) is 83.1 cm³/mol. The monoisotopic (exact) mass is 340 g/mol. The third-order valence-corrected chi connectivity index (χ3v) is 5.02. The molecule has 2 rings (SSSR count). The first-order valence-corrected chi connectivity index (χ1v) is 8.35. The molecule has 0 aromatic heterocycles. The van der Waals surface area contributed by atoms with E-state index in [1.54, 1.807) is 4.90 Å². The lowest BCUT2D eigenvalue weighted by Crippen LogP contribution is -2.52. The van der Waals surface area contributed by atoms with Crippen LogP contribution in [0.25, 0.3) is 0 Å². The van der Waals surface area contributed by atoms with Gasteiger partial charge < -0.3 is 20.4 Å². The van der Waals surface area contributed by atoms with Gasteiger partial charge in [-0.3, -0.25) is 14.4 Å². The minimum Gasteiger partial charge on any atom is -0.481 e. The molecule has 2 unspecified atom stereocenters. The first-order chi connectivity index (χ1) is 11.3. The molecular weight excluding hydrogens is 316 g/mol. The highest BCUT2D eigenvalue weighted by atomic mass is 16.4. The van der Waals surface area contributed by atoms with Crippen molar-refractivity contribution in [3.8, 4) is 0 Å². The topological polar surface area (TPSA) is 124 Å². The van der Waals surface area contributed by atoms with Crippen LogP contribution in [0.3, 0.4) is 0 Å². The molecule has 2 fully saturated rings. The van der Waals surface area contributed by atoms with Crippen LogP contribution in [0.5, 0.6) is 0 Å². The number of carboxylic acid groups (broad SMARTS) is 2. The lowest BCUT2D eigenvalue weighted by molar-refractivity contribution is -0.144. The Labute approximate surface area is 140 Å². The summed E-state index contributed by atoms with van der Waals surface area (Å²) < 4.78 is 0. The zero-order valence-electron chi connectivity index (χ0n) is 13.7. The fourth-order valence-corrected chi connectivity index (χ4v) is 3.94. The number of nitrogens with zero attached hydrogens (tertiary/aromatic N) is 1. The van der Waals surface area contributed by atoms with Gasteiger partial charge in [0.15, 0.2) is 0 Å². The van der Waals surface area contributed by atoms with E-state index in [1.807, 2.05) is 0 Å². The van der Waals surface area contributed by atoms with Crippen molar-refractivity contribution >= 4 is 23.8 Å². The molecule has 2 aliphatic rings. The van der Waals surface area contributed by atoms with Crippen molar-refractivity contribution in [2.45, 2.75) is 70.0 Å². The van der Waals surface area contributed by atoms with E-state index in [1.165, 1.54) is 6.92 Å². The van der Waals surface area contributed by atoms with Crippen LogP contribution in [0.1, 0.15) is 51.9 Å². The molecule has 0 aromatic rings. The molecule has 0 radical (unpaired) electrons. The second-order valence-electron chi connectivity index (χ2n) is 6.62. The van der Waals surface area contributed by atoms with Crippen LogP contribution >= 0.6 is 0 Å². The summed E-state index contributed by atoms with van der Waals surface area (Å²) >= 11 is 0. The number of rotatable bonds is 6. The zero-order chi connectivity index (χ0) is 17.9. The highest BCUT2D eigenvalue weighted by Crippen LogP contribution is 2.39. The molecule has 2 amide bonds. The maximum absolute atomic E-state index is 12.5. The summed E-state index contributed by atoms with van der Waals surface area (Å²) in [5.41, 5.74) is 0. The van der Waals surface area contributed by atoms with Crippen molar-refractivity contribution in [2.75, 3.05) is 0 Å². The Balaban J connectivity index is 2.07. The van der Waals surface area contributed by atoms with Crippen LogP contribution in [0, 0.1) is 5.92 Å². The molecular formula is C16H24N2O6. The van der Waals surface area contributed by atoms with Crippen molar-refractivity contribution in [1.82, 2.24) is 10.2 Å². The molecule has 8 heteroatoms. The first kappa shape index (κ1) is 18.2. The Morgan fingerprint density at radius 3 is 2.42 bits per heavy atom. The molecule has 0 bridgehead atoms. The van der Waals surface area contributed by atoms with E-state index in [0.717, 1.165) is 25.7 Å². The number of hydrogen-bond acceptors (Lipinski definition) is 4. The summed E-state index contributed by atoms with van der Waals surface area (Å²) in [5.74, 6) is -2.79. The fraction of sp³-hybridized carbons (Fsp3) is 0.750. The molecule has 1 heterocycles. The zero-order valence-corrected chi connectivity index (χ0v) is 13.7. The van der Waals surface area contributed by atoms with Gasteiger partial charge in [-0.1, -0.05) is 12.8 Å². The second kappa shape index (κ2) is 7.63. The molecule has 0 aromatic carbocycles. The normalized spacial score (nSPS) is 27.2. The molecule has 24 heavy (non-hydrogen) atoms. The summed E-state index contributed by atoms with van der Waals surface area (Å²) in [6.07, 6.45) is 3.96. The summed E-state index contributed by atoms with van der Waals surface area (Å²) in [7, 11) is 0. The van der Waals surface area contributed by atoms with Gasteiger partial charge in [0.25, 0.3) is 0 Å². The number of nitrogens with one attached hydrogen (secondary N) is 1. The Morgan fingerprint density at radius 2 is 1.83 bits per heavy atom. The second-order valence-corrected chi connectivity index (χ2v) is 6.62. The molecule has 1 saturated carbocycles. The minimum atomic E-state index is -1.27. The van der Waals surface area contributed by atoms with Gasteiger partial charge in [0.2, 0.25) is 11.8 Å². The van der Waals surface area contributed by atoms with Crippen molar-refractivity contribution in [3.63, 3.8) is 0 Å². The predicted octanol–water partition coefficient (Wildman–Crippen LogP) is 0.600. The maximum Gasteiger partial charge on any atom is 0.326 e. The molecule has 134 valence electrons. The van der Waals surface area contributed by atoms with Gasteiger partial charge in [-0.2, -0.15) is 0 Å².